The van der Waals surface area contributed by atoms with Crippen molar-refractivity contribution in [3.63, 3.8) is 0 Å². The van der Waals surface area contributed by atoms with Crippen LogP contribution in [-0.2, 0) is 0 Å². The van der Waals surface area contributed by atoms with E-state index in [0.29, 0.717) is 0 Å². The quantitative estimate of drug-likeness (QED) is 0.723. The van der Waals surface area contributed by atoms with Gasteiger partial charge in [-0.15, -0.1) is 0 Å². The molecular weight excluding hydrogens is 160 g/mol. The predicted octanol–water partition coefficient (Wildman–Crippen LogP) is 1.70. The Morgan fingerprint density at radius 2 is 1.77 bits per heavy atom. The average Bonchev–Trinajstić information content (AvgIpc) is 2.30. The molecule has 2 heteroatoms. The van der Waals surface area contributed by atoms with Crippen molar-refractivity contribution in [3.8, 4) is 0 Å². The third-order valence-electron chi connectivity index (χ3n) is 3.46. The third kappa shape index (κ3) is 2.96. The summed E-state index contributed by atoms with van der Waals surface area (Å²) >= 11 is 0. The highest BCUT2D eigenvalue weighted by atomic mass is 15.2. The molecule has 1 aliphatic rings. The van der Waals surface area contributed by atoms with Gasteiger partial charge in [-0.25, -0.2) is 0 Å². The summed E-state index contributed by atoms with van der Waals surface area (Å²) in [5.74, 6) is 1.68. The van der Waals surface area contributed by atoms with Gasteiger partial charge in [-0.1, -0.05) is 20.8 Å². The first kappa shape index (κ1) is 11.0. The average molecular weight is 184 g/mol. The Hall–Kier alpha value is -0.0800. The first-order chi connectivity index (χ1) is 5.94. The maximum Gasteiger partial charge on any atom is 0.0252 e. The summed E-state index contributed by atoms with van der Waals surface area (Å²) in [4.78, 5) is 2.51. The van der Waals surface area contributed by atoms with Gasteiger partial charge in [-0.3, -0.25) is 0 Å². The Morgan fingerprint density at radius 1 is 1.31 bits per heavy atom. The van der Waals surface area contributed by atoms with Crippen LogP contribution in [0.15, 0.2) is 0 Å². The van der Waals surface area contributed by atoms with Crippen molar-refractivity contribution < 1.29 is 0 Å². The number of rotatable bonds is 3. The first-order valence-corrected chi connectivity index (χ1v) is 5.46. The van der Waals surface area contributed by atoms with Crippen molar-refractivity contribution in [2.24, 2.45) is 17.6 Å². The zero-order valence-electron chi connectivity index (χ0n) is 9.51. The van der Waals surface area contributed by atoms with Gasteiger partial charge in [0.1, 0.15) is 0 Å². The lowest BCUT2D eigenvalue weighted by Gasteiger charge is -2.29. The van der Waals surface area contributed by atoms with E-state index in [1.807, 2.05) is 0 Å². The van der Waals surface area contributed by atoms with Crippen LogP contribution in [0.3, 0.4) is 0 Å². The molecule has 0 aromatic carbocycles. The predicted molar refractivity (Wildman–Crippen MR) is 57.7 cm³/mol. The van der Waals surface area contributed by atoms with Crippen LogP contribution >= 0.6 is 0 Å². The number of nitrogens with two attached hydrogens (primary N) is 1. The highest BCUT2D eigenvalue weighted by molar-refractivity contribution is 4.86. The van der Waals surface area contributed by atoms with Crippen molar-refractivity contribution in [2.75, 3.05) is 19.6 Å². The highest BCUT2D eigenvalue weighted by Gasteiger charge is 2.29. The van der Waals surface area contributed by atoms with Crippen LogP contribution in [0.2, 0.25) is 0 Å². The summed E-state index contributed by atoms with van der Waals surface area (Å²) < 4.78 is 0. The summed E-state index contributed by atoms with van der Waals surface area (Å²) in [6.45, 7) is 12.5. The number of hydrogen-bond donors (Lipinski definition) is 1. The van der Waals surface area contributed by atoms with E-state index in [1.165, 1.54) is 13.1 Å². The molecule has 0 saturated carbocycles. The molecule has 78 valence electrons. The Bertz CT molecular complexity index is 155. The van der Waals surface area contributed by atoms with E-state index in [2.05, 4.69) is 32.6 Å². The van der Waals surface area contributed by atoms with E-state index in [-0.39, 0.29) is 5.54 Å². The van der Waals surface area contributed by atoms with Crippen LogP contribution in [0.4, 0.5) is 0 Å². The number of likely N-dealkylation sites (tertiary alicyclic amines) is 1. The maximum atomic E-state index is 6.15. The third-order valence-corrected chi connectivity index (χ3v) is 3.46. The Kier molecular flexibility index (Phi) is 3.36. The minimum Gasteiger partial charge on any atom is -0.324 e. The molecule has 1 saturated heterocycles. The summed E-state index contributed by atoms with van der Waals surface area (Å²) in [6.07, 6.45) is 1.06. The molecule has 2 nitrogen and oxygen atoms in total. The molecule has 1 rings (SSSR count). The highest BCUT2D eigenvalue weighted by Crippen LogP contribution is 2.23. The fraction of sp³-hybridized carbons (Fsp3) is 1.00. The lowest BCUT2D eigenvalue weighted by Crippen LogP contribution is -2.46. The molecule has 2 N–H and O–H groups in total. The van der Waals surface area contributed by atoms with Gasteiger partial charge in [-0.05, 0) is 25.2 Å². The molecule has 0 aromatic heterocycles. The molecule has 3 unspecified atom stereocenters. The Balaban J connectivity index is 2.40. The van der Waals surface area contributed by atoms with Crippen LogP contribution in [0.25, 0.3) is 0 Å². The van der Waals surface area contributed by atoms with Gasteiger partial charge in [0.15, 0.2) is 0 Å². The van der Waals surface area contributed by atoms with Crippen LogP contribution in [0.5, 0.6) is 0 Å². The van der Waals surface area contributed by atoms with Crippen molar-refractivity contribution >= 4 is 0 Å². The molecule has 0 amide bonds. The molecular formula is C11H24N2. The van der Waals surface area contributed by atoms with Gasteiger partial charge in [0.25, 0.3) is 0 Å². The van der Waals surface area contributed by atoms with Crippen molar-refractivity contribution in [1.29, 1.82) is 0 Å². The maximum absolute atomic E-state index is 6.15. The topological polar surface area (TPSA) is 29.3 Å². The van der Waals surface area contributed by atoms with E-state index >= 15 is 0 Å². The molecule has 0 aliphatic carbocycles. The largest absolute Gasteiger partial charge is 0.324 e. The molecule has 0 bridgehead atoms. The van der Waals surface area contributed by atoms with Crippen molar-refractivity contribution in [3.05, 3.63) is 0 Å². The van der Waals surface area contributed by atoms with Gasteiger partial charge >= 0.3 is 0 Å². The van der Waals surface area contributed by atoms with Gasteiger partial charge in [0.2, 0.25) is 0 Å². The summed E-state index contributed by atoms with van der Waals surface area (Å²) in [7, 11) is 0. The lowest BCUT2D eigenvalue weighted by molar-refractivity contribution is 0.245. The van der Waals surface area contributed by atoms with E-state index in [0.717, 1.165) is 24.8 Å². The molecule has 1 fully saturated rings. The zero-order chi connectivity index (χ0) is 10.1. The van der Waals surface area contributed by atoms with E-state index in [4.69, 9.17) is 5.73 Å². The molecule has 0 spiro atoms. The SMILES string of the molecule is CCC(C)(N)CN1CC(C)C(C)C1. The van der Waals surface area contributed by atoms with E-state index < -0.39 is 0 Å². The first-order valence-electron chi connectivity index (χ1n) is 5.46. The van der Waals surface area contributed by atoms with Gasteiger partial charge in [-0.2, -0.15) is 0 Å². The van der Waals surface area contributed by atoms with Crippen LogP contribution in [-0.4, -0.2) is 30.1 Å². The molecule has 1 heterocycles. The minimum absolute atomic E-state index is 0.00375. The summed E-state index contributed by atoms with van der Waals surface area (Å²) in [5.41, 5.74) is 6.15. The van der Waals surface area contributed by atoms with Gasteiger partial charge in [0.05, 0.1) is 0 Å². The molecule has 0 radical (unpaired) electrons. The summed E-state index contributed by atoms with van der Waals surface area (Å²) in [6, 6.07) is 0. The summed E-state index contributed by atoms with van der Waals surface area (Å²) in [5, 5.41) is 0. The standard InChI is InChI=1S/C11H24N2/c1-5-11(4,12)8-13-6-9(2)10(3)7-13/h9-10H,5-8,12H2,1-4H3. The second-order valence-electron chi connectivity index (χ2n) is 5.16. The lowest BCUT2D eigenvalue weighted by atomic mass is 10.0. The van der Waals surface area contributed by atoms with E-state index in [9.17, 15) is 0 Å². The number of nitrogens with zero attached hydrogens (tertiary/aromatic N) is 1. The second-order valence-corrected chi connectivity index (χ2v) is 5.16. The number of hydrogen-bond acceptors (Lipinski definition) is 2. The fourth-order valence-electron chi connectivity index (χ4n) is 2.00. The van der Waals surface area contributed by atoms with Crippen molar-refractivity contribution in [2.45, 2.75) is 39.7 Å². The molecule has 0 aromatic rings. The van der Waals surface area contributed by atoms with Gasteiger partial charge in [0, 0.05) is 25.2 Å². The van der Waals surface area contributed by atoms with Crippen LogP contribution in [0.1, 0.15) is 34.1 Å². The second kappa shape index (κ2) is 3.97. The smallest absolute Gasteiger partial charge is 0.0252 e. The van der Waals surface area contributed by atoms with Crippen molar-refractivity contribution in [1.82, 2.24) is 4.90 Å². The Morgan fingerprint density at radius 3 is 2.15 bits per heavy atom. The molecule has 3 atom stereocenters. The molecule has 1 aliphatic heterocycles. The van der Waals surface area contributed by atoms with E-state index in [1.54, 1.807) is 0 Å². The fourth-order valence-corrected chi connectivity index (χ4v) is 2.00. The Labute approximate surface area is 82.5 Å². The minimum atomic E-state index is 0.00375. The zero-order valence-corrected chi connectivity index (χ0v) is 9.51. The monoisotopic (exact) mass is 184 g/mol. The molecule has 13 heavy (non-hydrogen) atoms. The van der Waals surface area contributed by atoms with Crippen LogP contribution in [0, 0.1) is 11.8 Å². The van der Waals surface area contributed by atoms with Gasteiger partial charge < -0.3 is 10.6 Å². The normalized spacial score (nSPS) is 34.8. The van der Waals surface area contributed by atoms with Crippen LogP contribution < -0.4 is 5.73 Å².